The lowest BCUT2D eigenvalue weighted by molar-refractivity contribution is 0.262. The number of nitrogens with zero attached hydrogens (tertiary/aromatic N) is 2. The Morgan fingerprint density at radius 1 is 0.941 bits per heavy atom. The fourth-order valence-corrected chi connectivity index (χ4v) is 3.46. The van der Waals surface area contributed by atoms with E-state index in [-0.39, 0.29) is 18.2 Å². The highest BCUT2D eigenvalue weighted by Crippen LogP contribution is 2.24. The van der Waals surface area contributed by atoms with E-state index in [1.807, 2.05) is 39.0 Å². The number of carbonyl (C=O) groups is 1. The van der Waals surface area contributed by atoms with Crippen LogP contribution in [-0.2, 0) is 6.61 Å². The van der Waals surface area contributed by atoms with Gasteiger partial charge in [0.15, 0.2) is 0 Å². The Morgan fingerprint density at radius 3 is 2.44 bits per heavy atom. The molecule has 0 fully saturated rings. The Morgan fingerprint density at radius 2 is 1.68 bits per heavy atom. The quantitative estimate of drug-likeness (QED) is 0.409. The fraction of sp³-hybridized carbons (Fsp3) is 0.192. The van der Waals surface area contributed by atoms with Crippen LogP contribution in [-0.4, -0.2) is 22.0 Å². The summed E-state index contributed by atoms with van der Waals surface area (Å²) < 4.78 is 12.9. The van der Waals surface area contributed by atoms with E-state index in [0.29, 0.717) is 35.1 Å². The van der Waals surface area contributed by atoms with Crippen LogP contribution in [0.25, 0.3) is 5.65 Å². The Kier molecular flexibility index (Phi) is 6.77. The molecule has 2 aromatic heterocycles. The normalized spacial score (nSPS) is 10.7. The number of nitrogens with one attached hydrogen (secondary N) is 2. The standard InChI is InChI=1S/C26H26N4O4/c1-4-33-22-11-9-19(10-12-22)28-26(32)29-20-8-7-17(2)23(14-20)34-16-21-15-24(31)30-13-5-6-18(3)25(30)27-21/h5-15H,4,16H2,1-3H3,(H2,28,29,32). The SMILES string of the molecule is CCOc1ccc(NC(=O)Nc2ccc(C)c(OCc3cc(=O)n4cccc(C)c4n3)c2)cc1. The number of anilines is 2. The number of hydrogen-bond donors (Lipinski definition) is 2. The second-order valence-electron chi connectivity index (χ2n) is 7.78. The van der Waals surface area contributed by atoms with E-state index in [4.69, 9.17) is 9.47 Å². The van der Waals surface area contributed by atoms with E-state index in [9.17, 15) is 9.59 Å². The number of aromatic nitrogens is 2. The predicted molar refractivity (Wildman–Crippen MR) is 132 cm³/mol. The highest BCUT2D eigenvalue weighted by molar-refractivity contribution is 5.99. The molecule has 2 amide bonds. The van der Waals surface area contributed by atoms with E-state index in [2.05, 4.69) is 15.6 Å². The topological polar surface area (TPSA) is 94.0 Å². The van der Waals surface area contributed by atoms with Crippen LogP contribution in [0.1, 0.15) is 23.7 Å². The summed E-state index contributed by atoms with van der Waals surface area (Å²) in [4.78, 5) is 29.4. The molecule has 0 spiro atoms. The third-order valence-electron chi connectivity index (χ3n) is 5.18. The van der Waals surface area contributed by atoms with Crippen molar-refractivity contribution >= 4 is 23.1 Å². The summed E-state index contributed by atoms with van der Waals surface area (Å²) in [5.41, 5.74) is 4.00. The molecule has 174 valence electrons. The summed E-state index contributed by atoms with van der Waals surface area (Å²) in [7, 11) is 0. The highest BCUT2D eigenvalue weighted by atomic mass is 16.5. The largest absolute Gasteiger partial charge is 0.494 e. The molecular weight excluding hydrogens is 432 g/mol. The molecule has 0 aliphatic heterocycles. The number of amides is 2. The Bertz CT molecular complexity index is 1380. The maximum Gasteiger partial charge on any atom is 0.323 e. The fourth-order valence-electron chi connectivity index (χ4n) is 3.46. The smallest absolute Gasteiger partial charge is 0.323 e. The summed E-state index contributed by atoms with van der Waals surface area (Å²) in [5, 5.41) is 5.59. The van der Waals surface area contributed by atoms with E-state index in [0.717, 1.165) is 16.9 Å². The van der Waals surface area contributed by atoms with Crippen LogP contribution in [0.15, 0.2) is 71.7 Å². The second-order valence-corrected chi connectivity index (χ2v) is 7.78. The molecule has 0 saturated heterocycles. The molecule has 0 bridgehead atoms. The van der Waals surface area contributed by atoms with E-state index >= 15 is 0 Å². The van der Waals surface area contributed by atoms with Crippen molar-refractivity contribution in [2.24, 2.45) is 0 Å². The molecule has 0 aliphatic carbocycles. The summed E-state index contributed by atoms with van der Waals surface area (Å²) in [6, 6.07) is 17.3. The van der Waals surface area contributed by atoms with Gasteiger partial charge in [0, 0.05) is 29.7 Å². The van der Waals surface area contributed by atoms with Gasteiger partial charge in [-0.15, -0.1) is 0 Å². The lowest BCUT2D eigenvalue weighted by atomic mass is 10.2. The first-order valence-electron chi connectivity index (χ1n) is 10.9. The maximum absolute atomic E-state index is 12.4. The van der Waals surface area contributed by atoms with Gasteiger partial charge in [0.1, 0.15) is 23.8 Å². The Hall–Kier alpha value is -4.33. The monoisotopic (exact) mass is 458 g/mol. The van der Waals surface area contributed by atoms with Gasteiger partial charge >= 0.3 is 6.03 Å². The highest BCUT2D eigenvalue weighted by Gasteiger charge is 2.09. The number of fused-ring (bicyclic) bond motifs is 1. The zero-order chi connectivity index (χ0) is 24.1. The average molecular weight is 459 g/mol. The first kappa shape index (κ1) is 22.8. The molecule has 0 radical (unpaired) electrons. The molecule has 0 unspecified atom stereocenters. The van der Waals surface area contributed by atoms with Crippen LogP contribution in [0.4, 0.5) is 16.2 Å². The average Bonchev–Trinajstić information content (AvgIpc) is 2.81. The minimum absolute atomic E-state index is 0.128. The number of benzene rings is 2. The number of ether oxygens (including phenoxy) is 2. The third kappa shape index (κ3) is 5.35. The third-order valence-corrected chi connectivity index (χ3v) is 5.18. The maximum atomic E-state index is 12.4. The number of hydrogen-bond acceptors (Lipinski definition) is 5. The molecule has 2 heterocycles. The van der Waals surface area contributed by atoms with Crippen molar-refractivity contribution in [1.29, 1.82) is 0 Å². The van der Waals surface area contributed by atoms with Crippen LogP contribution < -0.4 is 25.7 Å². The van der Waals surface area contributed by atoms with Crippen molar-refractivity contribution in [3.63, 3.8) is 0 Å². The molecule has 2 N–H and O–H groups in total. The van der Waals surface area contributed by atoms with Gasteiger partial charge in [0.05, 0.1) is 12.3 Å². The van der Waals surface area contributed by atoms with Crippen LogP contribution in [0.2, 0.25) is 0 Å². The lowest BCUT2D eigenvalue weighted by Gasteiger charge is -2.13. The van der Waals surface area contributed by atoms with E-state index in [1.54, 1.807) is 42.6 Å². The van der Waals surface area contributed by atoms with E-state index in [1.165, 1.54) is 10.5 Å². The van der Waals surface area contributed by atoms with Crippen LogP contribution in [0, 0.1) is 13.8 Å². The number of carbonyl (C=O) groups excluding carboxylic acids is 1. The van der Waals surface area contributed by atoms with Crippen molar-refractivity contribution < 1.29 is 14.3 Å². The first-order valence-corrected chi connectivity index (χ1v) is 10.9. The molecule has 4 rings (SSSR count). The molecule has 0 saturated carbocycles. The summed E-state index contributed by atoms with van der Waals surface area (Å²) in [6.45, 7) is 6.44. The van der Waals surface area contributed by atoms with Crippen molar-refractivity contribution in [2.45, 2.75) is 27.4 Å². The minimum atomic E-state index is -0.376. The molecular formula is C26H26N4O4. The molecule has 8 heteroatoms. The molecule has 0 aliphatic rings. The number of rotatable bonds is 7. The van der Waals surface area contributed by atoms with Gasteiger partial charge in [-0.25, -0.2) is 9.78 Å². The van der Waals surface area contributed by atoms with Crippen molar-refractivity contribution in [3.8, 4) is 11.5 Å². The second kappa shape index (κ2) is 10.1. The molecule has 2 aromatic carbocycles. The van der Waals surface area contributed by atoms with Crippen LogP contribution in [0.5, 0.6) is 11.5 Å². The number of aryl methyl sites for hydroxylation is 2. The molecule has 34 heavy (non-hydrogen) atoms. The number of urea groups is 1. The van der Waals surface area contributed by atoms with Gasteiger partial charge in [-0.3, -0.25) is 9.20 Å². The van der Waals surface area contributed by atoms with Crippen molar-refractivity contribution in [3.05, 3.63) is 94.0 Å². The predicted octanol–water partition coefficient (Wildman–Crippen LogP) is 4.93. The zero-order valence-electron chi connectivity index (χ0n) is 19.3. The van der Waals surface area contributed by atoms with Crippen molar-refractivity contribution in [2.75, 3.05) is 17.2 Å². The lowest BCUT2D eigenvalue weighted by Crippen LogP contribution is -2.19. The zero-order valence-corrected chi connectivity index (χ0v) is 19.3. The van der Waals surface area contributed by atoms with Gasteiger partial charge in [0.2, 0.25) is 0 Å². The van der Waals surface area contributed by atoms with Gasteiger partial charge < -0.3 is 20.1 Å². The van der Waals surface area contributed by atoms with Gasteiger partial charge in [-0.2, -0.15) is 0 Å². The molecule has 8 nitrogen and oxygen atoms in total. The Labute approximate surface area is 197 Å². The first-order chi connectivity index (χ1) is 16.4. The van der Waals surface area contributed by atoms with Gasteiger partial charge in [-0.1, -0.05) is 12.1 Å². The van der Waals surface area contributed by atoms with Crippen LogP contribution in [0.3, 0.4) is 0 Å². The summed E-state index contributed by atoms with van der Waals surface area (Å²) >= 11 is 0. The summed E-state index contributed by atoms with van der Waals surface area (Å²) in [6.07, 6.45) is 1.69. The Balaban J connectivity index is 1.43. The van der Waals surface area contributed by atoms with Gasteiger partial charge in [-0.05, 0) is 68.3 Å². The summed E-state index contributed by atoms with van der Waals surface area (Å²) in [5.74, 6) is 1.33. The molecule has 4 aromatic rings. The van der Waals surface area contributed by atoms with Gasteiger partial charge in [0.25, 0.3) is 5.56 Å². The molecule has 0 atom stereocenters. The number of pyridine rings is 1. The minimum Gasteiger partial charge on any atom is -0.494 e. The van der Waals surface area contributed by atoms with Crippen molar-refractivity contribution in [1.82, 2.24) is 9.38 Å². The van der Waals surface area contributed by atoms with E-state index < -0.39 is 0 Å². The van der Waals surface area contributed by atoms with Crippen LogP contribution >= 0.6 is 0 Å².